The number of hydrogen-bond acceptors (Lipinski definition) is 6. The highest BCUT2D eigenvalue weighted by atomic mass is 16.6. The van der Waals surface area contributed by atoms with Crippen molar-refractivity contribution in [2.45, 2.75) is 43.9 Å². The van der Waals surface area contributed by atoms with E-state index in [1.54, 1.807) is 0 Å². The predicted molar refractivity (Wildman–Crippen MR) is 88.0 cm³/mol. The average molecular weight is 356 g/mol. The van der Waals surface area contributed by atoms with Crippen molar-refractivity contribution in [3.05, 3.63) is 32.6 Å². The van der Waals surface area contributed by atoms with Crippen LogP contribution in [0.2, 0.25) is 0 Å². The van der Waals surface area contributed by atoms with Gasteiger partial charge >= 0.3 is 5.69 Å². The van der Waals surface area contributed by atoms with Crippen LogP contribution in [0.4, 0.5) is 0 Å². The molecule has 9 heteroatoms. The molecule has 2 fully saturated rings. The first kappa shape index (κ1) is 18.3. The molecule has 3 N–H and O–H groups in total. The van der Waals surface area contributed by atoms with Crippen molar-refractivity contribution in [1.29, 1.82) is 0 Å². The quantitative estimate of drug-likeness (QED) is 0.556. The van der Waals surface area contributed by atoms with E-state index >= 15 is 0 Å². The van der Waals surface area contributed by atoms with Gasteiger partial charge in [0.1, 0.15) is 24.9 Å². The summed E-state index contributed by atoms with van der Waals surface area (Å²) in [7, 11) is 3.50. The van der Waals surface area contributed by atoms with E-state index in [0.717, 1.165) is 30.4 Å². The third-order valence-corrected chi connectivity index (χ3v) is 5.28. The number of quaternary nitrogens is 1. The Labute approximate surface area is 145 Å². The molecule has 0 bridgehead atoms. The fourth-order valence-electron chi connectivity index (χ4n) is 3.84. The molecule has 0 aromatic carbocycles. The maximum atomic E-state index is 12.3. The molecule has 0 saturated carbocycles. The molecule has 0 amide bonds. The lowest BCUT2D eigenvalue weighted by atomic mass is 10.1. The third-order valence-electron chi connectivity index (χ3n) is 5.28. The van der Waals surface area contributed by atoms with Crippen LogP contribution < -0.4 is 11.2 Å². The van der Waals surface area contributed by atoms with Crippen molar-refractivity contribution in [3.8, 4) is 0 Å². The first-order chi connectivity index (χ1) is 11.9. The molecule has 2 aliphatic rings. The highest BCUT2D eigenvalue weighted by Crippen LogP contribution is 2.30. The first-order valence-corrected chi connectivity index (χ1v) is 8.53. The zero-order valence-electron chi connectivity index (χ0n) is 14.6. The summed E-state index contributed by atoms with van der Waals surface area (Å²) in [5, 5.41) is 19.5. The lowest BCUT2D eigenvalue weighted by molar-refractivity contribution is -0.911. The second kappa shape index (κ2) is 7.00. The standard InChI is InChI=1S/C16H25N3O6/c1-19(5-3-4-6-19)8-10-7-18(16(23)17-14(10)22)15-13(24-2)12(21)11(9-20)25-15/h7,11-13,15,20-21H,3-6,8-9H2,1-2H3/p+1/t11-,12+,13?,15-/m1/s1. The number of ether oxygens (including phenoxy) is 2. The maximum absolute atomic E-state index is 12.3. The number of aromatic nitrogens is 2. The van der Waals surface area contributed by atoms with Crippen LogP contribution in [0.25, 0.3) is 0 Å². The first-order valence-electron chi connectivity index (χ1n) is 8.53. The minimum atomic E-state index is -1.06. The number of aliphatic hydroxyl groups is 2. The van der Waals surface area contributed by atoms with E-state index in [2.05, 4.69) is 12.0 Å². The van der Waals surface area contributed by atoms with Crippen molar-refractivity contribution < 1.29 is 24.2 Å². The van der Waals surface area contributed by atoms with E-state index in [1.807, 2.05) is 0 Å². The Balaban J connectivity index is 1.95. The molecule has 3 heterocycles. The number of hydrogen-bond donors (Lipinski definition) is 3. The zero-order valence-corrected chi connectivity index (χ0v) is 14.6. The van der Waals surface area contributed by atoms with E-state index < -0.39 is 42.4 Å². The molecular weight excluding hydrogens is 330 g/mol. The van der Waals surface area contributed by atoms with E-state index in [4.69, 9.17) is 9.47 Å². The van der Waals surface area contributed by atoms with Gasteiger partial charge in [0.05, 0.1) is 32.3 Å². The highest BCUT2D eigenvalue weighted by molar-refractivity contribution is 5.05. The zero-order chi connectivity index (χ0) is 18.2. The Morgan fingerprint density at radius 3 is 2.68 bits per heavy atom. The molecule has 1 aromatic rings. The summed E-state index contributed by atoms with van der Waals surface area (Å²) >= 11 is 0. The lowest BCUT2D eigenvalue weighted by Gasteiger charge is -2.29. The fourth-order valence-corrected chi connectivity index (χ4v) is 3.84. The number of likely N-dealkylation sites (tertiary alicyclic amines) is 1. The van der Waals surface area contributed by atoms with Crippen LogP contribution in [0.3, 0.4) is 0 Å². The Morgan fingerprint density at radius 1 is 1.40 bits per heavy atom. The van der Waals surface area contributed by atoms with Gasteiger partial charge in [0.2, 0.25) is 0 Å². The second-order valence-electron chi connectivity index (χ2n) is 7.19. The topological polar surface area (TPSA) is 114 Å². The van der Waals surface area contributed by atoms with E-state index in [9.17, 15) is 19.8 Å². The van der Waals surface area contributed by atoms with Crippen LogP contribution >= 0.6 is 0 Å². The Hall–Kier alpha value is -1.52. The summed E-state index contributed by atoms with van der Waals surface area (Å²) in [4.78, 5) is 26.8. The molecule has 0 spiro atoms. The molecule has 0 radical (unpaired) electrons. The largest absolute Gasteiger partial charge is 0.394 e. The molecule has 3 rings (SSSR count). The number of aliphatic hydroxyl groups excluding tert-OH is 2. The molecule has 25 heavy (non-hydrogen) atoms. The summed E-state index contributed by atoms with van der Waals surface area (Å²) in [6.07, 6.45) is 0.0952. The van der Waals surface area contributed by atoms with Crippen LogP contribution in [0.15, 0.2) is 15.8 Å². The lowest BCUT2D eigenvalue weighted by Crippen LogP contribution is -2.44. The Kier molecular flexibility index (Phi) is 5.12. The molecular formula is C16H26N3O6+. The van der Waals surface area contributed by atoms with E-state index in [-0.39, 0.29) is 0 Å². The third kappa shape index (κ3) is 3.42. The van der Waals surface area contributed by atoms with Gasteiger partial charge < -0.3 is 24.2 Å². The van der Waals surface area contributed by atoms with Crippen molar-refractivity contribution in [2.24, 2.45) is 0 Å². The van der Waals surface area contributed by atoms with Crippen molar-refractivity contribution in [1.82, 2.24) is 9.55 Å². The highest BCUT2D eigenvalue weighted by Gasteiger charge is 2.45. The van der Waals surface area contributed by atoms with Gasteiger partial charge in [-0.2, -0.15) is 0 Å². The van der Waals surface area contributed by atoms with Gasteiger partial charge in [-0.15, -0.1) is 0 Å². The summed E-state index contributed by atoms with van der Waals surface area (Å²) in [6.45, 7) is 2.11. The minimum absolute atomic E-state index is 0.391. The van der Waals surface area contributed by atoms with Crippen LogP contribution in [0, 0.1) is 0 Å². The Bertz CT molecular complexity index is 723. The van der Waals surface area contributed by atoms with Gasteiger partial charge in [-0.3, -0.25) is 14.3 Å². The molecule has 0 aliphatic carbocycles. The average Bonchev–Trinajstić information content (AvgIpc) is 3.13. The molecule has 2 aliphatic heterocycles. The molecule has 1 unspecified atom stereocenters. The van der Waals surface area contributed by atoms with Crippen LogP contribution in [-0.4, -0.2) is 76.4 Å². The minimum Gasteiger partial charge on any atom is -0.394 e. The number of H-pyrrole nitrogens is 1. The Morgan fingerprint density at radius 2 is 2.08 bits per heavy atom. The molecule has 1 aromatic heterocycles. The van der Waals surface area contributed by atoms with E-state index in [0.29, 0.717) is 12.1 Å². The van der Waals surface area contributed by atoms with Gasteiger partial charge in [-0.05, 0) is 0 Å². The van der Waals surface area contributed by atoms with Crippen LogP contribution in [-0.2, 0) is 16.0 Å². The smallest absolute Gasteiger partial charge is 0.330 e. The van der Waals surface area contributed by atoms with Crippen molar-refractivity contribution in [3.63, 3.8) is 0 Å². The van der Waals surface area contributed by atoms with Gasteiger partial charge in [0.25, 0.3) is 5.56 Å². The number of methoxy groups -OCH3 is 1. The predicted octanol–water partition coefficient (Wildman–Crippen LogP) is -1.46. The summed E-state index contributed by atoms with van der Waals surface area (Å²) in [5.74, 6) is 0. The van der Waals surface area contributed by atoms with Crippen molar-refractivity contribution in [2.75, 3.05) is 33.9 Å². The number of rotatable bonds is 5. The monoisotopic (exact) mass is 356 g/mol. The van der Waals surface area contributed by atoms with Gasteiger partial charge in [-0.25, -0.2) is 4.79 Å². The van der Waals surface area contributed by atoms with Crippen LogP contribution in [0.5, 0.6) is 0 Å². The maximum Gasteiger partial charge on any atom is 0.330 e. The number of nitrogens with zero attached hydrogens (tertiary/aromatic N) is 2. The van der Waals surface area contributed by atoms with E-state index in [1.165, 1.54) is 17.9 Å². The number of aromatic amines is 1. The van der Waals surface area contributed by atoms with Gasteiger partial charge in [0.15, 0.2) is 6.23 Å². The summed E-state index contributed by atoms with van der Waals surface area (Å²) < 4.78 is 12.8. The number of nitrogens with one attached hydrogen (secondary N) is 1. The normalized spacial score (nSPS) is 31.5. The second-order valence-corrected chi connectivity index (χ2v) is 7.19. The summed E-state index contributed by atoms with van der Waals surface area (Å²) in [6, 6.07) is 0. The SMILES string of the molecule is COC1[C@@H](O)[C@@H](CO)O[C@H]1n1cc(C[N+]2(C)CCCC2)c(=O)[nH]c1=O. The molecule has 9 nitrogen and oxygen atoms in total. The molecule has 4 atom stereocenters. The fraction of sp³-hybridized carbons (Fsp3) is 0.750. The summed E-state index contributed by atoms with van der Waals surface area (Å²) in [5.41, 5.74) is -0.543. The van der Waals surface area contributed by atoms with Gasteiger partial charge in [-0.1, -0.05) is 0 Å². The molecule has 2 saturated heterocycles. The van der Waals surface area contributed by atoms with Crippen molar-refractivity contribution >= 4 is 0 Å². The van der Waals surface area contributed by atoms with Crippen LogP contribution in [0.1, 0.15) is 24.6 Å². The molecule has 140 valence electrons. The van der Waals surface area contributed by atoms with Gasteiger partial charge in [0, 0.05) is 26.1 Å².